The van der Waals surface area contributed by atoms with Crippen molar-refractivity contribution in [2.24, 2.45) is 0 Å². The summed E-state index contributed by atoms with van der Waals surface area (Å²) in [6.07, 6.45) is 2.07. The minimum Gasteiger partial charge on any atom is -0.493 e. The molecule has 0 aromatic heterocycles. The standard InChI is InChI=1S/C25H31NO6/c1-17(2)29-10-11-30-21-6-4-18(5-7-21)22-12-20(15-26(22)8-9-27)19-13-23(28-3)25-24(14-19)31-16-32-25/h4-7,9,13-14,17,20,22H,8,10-12,15-16H2,1-3H3/t20-,22-/m1/s1. The van der Waals surface area contributed by atoms with E-state index in [0.29, 0.717) is 37.0 Å². The summed E-state index contributed by atoms with van der Waals surface area (Å²) in [5, 5.41) is 0. The predicted molar refractivity (Wildman–Crippen MR) is 120 cm³/mol. The van der Waals surface area contributed by atoms with Crippen LogP contribution in [-0.4, -0.2) is 57.5 Å². The molecule has 7 heteroatoms. The first-order chi connectivity index (χ1) is 15.6. The van der Waals surface area contributed by atoms with E-state index in [9.17, 15) is 4.79 Å². The summed E-state index contributed by atoms with van der Waals surface area (Å²) in [7, 11) is 1.63. The van der Waals surface area contributed by atoms with E-state index >= 15 is 0 Å². The number of benzene rings is 2. The minimum absolute atomic E-state index is 0.153. The van der Waals surface area contributed by atoms with Gasteiger partial charge in [0.25, 0.3) is 0 Å². The Morgan fingerprint density at radius 3 is 2.66 bits per heavy atom. The third-order valence-corrected chi connectivity index (χ3v) is 5.93. The molecule has 172 valence electrons. The molecular weight excluding hydrogens is 410 g/mol. The van der Waals surface area contributed by atoms with Crippen LogP contribution in [0.4, 0.5) is 0 Å². The second-order valence-corrected chi connectivity index (χ2v) is 8.36. The lowest BCUT2D eigenvalue weighted by Crippen LogP contribution is -2.25. The monoisotopic (exact) mass is 441 g/mol. The van der Waals surface area contributed by atoms with Crippen LogP contribution in [0.1, 0.15) is 43.4 Å². The maximum atomic E-state index is 11.4. The molecule has 4 rings (SSSR count). The van der Waals surface area contributed by atoms with Crippen molar-refractivity contribution < 1.29 is 28.5 Å². The van der Waals surface area contributed by atoms with Gasteiger partial charge in [0.2, 0.25) is 12.5 Å². The van der Waals surface area contributed by atoms with Gasteiger partial charge in [-0.05, 0) is 61.6 Å². The van der Waals surface area contributed by atoms with Crippen molar-refractivity contribution in [2.75, 3.05) is 40.2 Å². The Morgan fingerprint density at radius 1 is 1.12 bits per heavy atom. The third-order valence-electron chi connectivity index (χ3n) is 5.93. The average Bonchev–Trinajstić information content (AvgIpc) is 3.44. The van der Waals surface area contributed by atoms with Gasteiger partial charge in [-0.15, -0.1) is 0 Å². The molecule has 2 aliphatic rings. The van der Waals surface area contributed by atoms with Gasteiger partial charge in [-0.1, -0.05) is 12.1 Å². The molecule has 0 N–H and O–H groups in total. The lowest BCUT2D eigenvalue weighted by molar-refractivity contribution is -0.109. The number of rotatable bonds is 10. The van der Waals surface area contributed by atoms with Gasteiger partial charge >= 0.3 is 0 Å². The topological polar surface area (TPSA) is 66.5 Å². The number of hydrogen-bond acceptors (Lipinski definition) is 7. The Labute approximate surface area is 189 Å². The molecule has 2 aliphatic heterocycles. The molecule has 7 nitrogen and oxygen atoms in total. The number of hydrogen-bond donors (Lipinski definition) is 0. The summed E-state index contributed by atoms with van der Waals surface area (Å²) in [4.78, 5) is 13.6. The number of fused-ring (bicyclic) bond motifs is 1. The van der Waals surface area contributed by atoms with E-state index in [4.69, 9.17) is 23.7 Å². The maximum absolute atomic E-state index is 11.4. The van der Waals surface area contributed by atoms with Crippen molar-refractivity contribution in [2.45, 2.75) is 38.3 Å². The number of methoxy groups -OCH3 is 1. The molecule has 0 bridgehead atoms. The first kappa shape index (κ1) is 22.4. The number of ether oxygens (including phenoxy) is 5. The Kier molecular flexibility index (Phi) is 7.17. The molecule has 2 aromatic rings. The largest absolute Gasteiger partial charge is 0.493 e. The molecule has 0 spiro atoms. The fourth-order valence-electron chi connectivity index (χ4n) is 4.40. The van der Waals surface area contributed by atoms with Gasteiger partial charge in [0, 0.05) is 12.6 Å². The quantitative estimate of drug-likeness (QED) is 0.408. The highest BCUT2D eigenvalue weighted by Crippen LogP contribution is 2.47. The van der Waals surface area contributed by atoms with Gasteiger partial charge < -0.3 is 28.5 Å². The zero-order valence-corrected chi connectivity index (χ0v) is 18.9. The van der Waals surface area contributed by atoms with E-state index in [1.54, 1.807) is 7.11 Å². The van der Waals surface area contributed by atoms with Crippen molar-refractivity contribution in [1.82, 2.24) is 4.90 Å². The molecule has 0 radical (unpaired) electrons. The molecule has 1 saturated heterocycles. The summed E-state index contributed by atoms with van der Waals surface area (Å²) in [6.45, 7) is 6.49. The molecule has 1 fully saturated rings. The van der Waals surface area contributed by atoms with Crippen molar-refractivity contribution in [3.8, 4) is 23.0 Å². The van der Waals surface area contributed by atoms with E-state index < -0.39 is 0 Å². The van der Waals surface area contributed by atoms with Crippen molar-refractivity contribution in [3.63, 3.8) is 0 Å². The predicted octanol–water partition coefficient (Wildman–Crippen LogP) is 3.96. The van der Waals surface area contributed by atoms with Crippen LogP contribution in [0.25, 0.3) is 0 Å². The molecule has 2 atom stereocenters. The van der Waals surface area contributed by atoms with Crippen LogP contribution in [0, 0.1) is 0 Å². The molecule has 32 heavy (non-hydrogen) atoms. The van der Waals surface area contributed by atoms with E-state index in [1.807, 2.05) is 38.1 Å². The number of likely N-dealkylation sites (tertiary alicyclic amines) is 1. The van der Waals surface area contributed by atoms with Crippen molar-refractivity contribution in [1.29, 1.82) is 0 Å². The van der Waals surface area contributed by atoms with Gasteiger partial charge in [0.15, 0.2) is 11.5 Å². The van der Waals surface area contributed by atoms with Crippen LogP contribution in [0.2, 0.25) is 0 Å². The van der Waals surface area contributed by atoms with Crippen LogP contribution in [0.5, 0.6) is 23.0 Å². The molecule has 2 heterocycles. The smallest absolute Gasteiger partial charge is 0.231 e. The Balaban J connectivity index is 1.46. The van der Waals surface area contributed by atoms with E-state index in [1.165, 1.54) is 5.56 Å². The summed E-state index contributed by atoms with van der Waals surface area (Å²) in [6, 6.07) is 12.4. The van der Waals surface area contributed by atoms with Crippen LogP contribution in [0.15, 0.2) is 36.4 Å². The van der Waals surface area contributed by atoms with Crippen molar-refractivity contribution >= 4 is 6.29 Å². The highest BCUT2D eigenvalue weighted by atomic mass is 16.7. The maximum Gasteiger partial charge on any atom is 0.231 e. The zero-order valence-electron chi connectivity index (χ0n) is 18.9. The summed E-state index contributed by atoms with van der Waals surface area (Å²) < 4.78 is 27.9. The third kappa shape index (κ3) is 5.00. The lowest BCUT2D eigenvalue weighted by atomic mass is 9.93. The van der Waals surface area contributed by atoms with Crippen LogP contribution >= 0.6 is 0 Å². The molecule has 0 saturated carbocycles. The van der Waals surface area contributed by atoms with Gasteiger partial charge in [0.1, 0.15) is 18.6 Å². The summed E-state index contributed by atoms with van der Waals surface area (Å²) in [5.74, 6) is 3.13. The summed E-state index contributed by atoms with van der Waals surface area (Å²) in [5.41, 5.74) is 2.31. The van der Waals surface area contributed by atoms with Gasteiger partial charge in [-0.2, -0.15) is 0 Å². The first-order valence-corrected chi connectivity index (χ1v) is 11.1. The number of carbonyl (C=O) groups excluding carboxylic acids is 1. The Bertz CT molecular complexity index is 913. The number of nitrogens with zero attached hydrogens (tertiary/aromatic N) is 1. The highest BCUT2D eigenvalue weighted by molar-refractivity contribution is 5.56. The normalized spacial score (nSPS) is 20.0. The SMILES string of the molecule is COc1cc([C@@H]2C[C@H](c3ccc(OCCOC(C)C)cc3)N(CC=O)C2)cc2c1OCO2. The van der Waals surface area contributed by atoms with E-state index in [0.717, 1.165) is 30.6 Å². The minimum atomic E-state index is 0.153. The molecular formula is C25H31NO6. The Hall–Kier alpha value is -2.77. The fraction of sp³-hybridized carbons (Fsp3) is 0.480. The number of aldehydes is 1. The molecule has 0 amide bonds. The lowest BCUT2D eigenvalue weighted by Gasteiger charge is -2.22. The van der Waals surface area contributed by atoms with Gasteiger partial charge in [-0.3, -0.25) is 4.90 Å². The van der Waals surface area contributed by atoms with Crippen molar-refractivity contribution in [3.05, 3.63) is 47.5 Å². The van der Waals surface area contributed by atoms with E-state index in [-0.39, 0.29) is 24.9 Å². The highest BCUT2D eigenvalue weighted by Gasteiger charge is 2.35. The second kappa shape index (κ2) is 10.2. The zero-order chi connectivity index (χ0) is 22.5. The number of carbonyl (C=O) groups is 1. The summed E-state index contributed by atoms with van der Waals surface area (Å²) >= 11 is 0. The van der Waals surface area contributed by atoms with Crippen LogP contribution < -0.4 is 18.9 Å². The Morgan fingerprint density at radius 2 is 1.94 bits per heavy atom. The van der Waals surface area contributed by atoms with Crippen LogP contribution in [0.3, 0.4) is 0 Å². The average molecular weight is 442 g/mol. The van der Waals surface area contributed by atoms with Gasteiger partial charge in [-0.25, -0.2) is 0 Å². The van der Waals surface area contributed by atoms with Gasteiger partial charge in [0.05, 0.1) is 26.4 Å². The first-order valence-electron chi connectivity index (χ1n) is 11.1. The molecule has 0 aliphatic carbocycles. The molecule has 0 unspecified atom stereocenters. The van der Waals surface area contributed by atoms with Crippen LogP contribution in [-0.2, 0) is 9.53 Å². The second-order valence-electron chi connectivity index (χ2n) is 8.36. The van der Waals surface area contributed by atoms with E-state index in [2.05, 4.69) is 17.0 Å². The fourth-order valence-corrected chi connectivity index (χ4v) is 4.40. The molecule has 2 aromatic carbocycles.